The molecular weight excluding hydrogens is 238 g/mol. The molecule has 0 aromatic heterocycles. The molecule has 0 aromatic carbocycles. The maximum absolute atomic E-state index is 12.7. The monoisotopic (exact) mass is 267 g/mol. The third-order valence-electron chi connectivity index (χ3n) is 5.26. The Hall–Kier alpha value is -0.610. The highest BCUT2D eigenvalue weighted by Crippen LogP contribution is 2.33. The zero-order valence-corrected chi connectivity index (χ0v) is 12.7. The van der Waals surface area contributed by atoms with Gasteiger partial charge >= 0.3 is 0 Å². The second-order valence-electron chi connectivity index (χ2n) is 6.41. The van der Waals surface area contributed by atoms with Crippen LogP contribution < -0.4 is 10.6 Å². The fourth-order valence-electron chi connectivity index (χ4n) is 3.41. The number of hydrogen-bond acceptors (Lipinski definition) is 3. The number of amides is 1. The van der Waals surface area contributed by atoms with Crippen LogP contribution >= 0.6 is 0 Å². The van der Waals surface area contributed by atoms with Crippen molar-refractivity contribution in [2.75, 3.05) is 26.7 Å². The lowest BCUT2D eigenvalue weighted by Crippen LogP contribution is -2.53. The van der Waals surface area contributed by atoms with Crippen molar-refractivity contribution in [3.63, 3.8) is 0 Å². The first-order chi connectivity index (χ1) is 9.07. The summed E-state index contributed by atoms with van der Waals surface area (Å²) in [6.07, 6.45) is 5.10. The molecule has 2 rings (SSSR count). The largest absolute Gasteiger partial charge is 0.353 e. The summed E-state index contributed by atoms with van der Waals surface area (Å²) in [4.78, 5) is 15.0. The second kappa shape index (κ2) is 6.23. The summed E-state index contributed by atoms with van der Waals surface area (Å²) in [6.45, 7) is 7.45. The van der Waals surface area contributed by atoms with Gasteiger partial charge in [-0.15, -0.1) is 0 Å². The van der Waals surface area contributed by atoms with Crippen LogP contribution in [0.15, 0.2) is 0 Å². The minimum atomic E-state index is -0.113. The van der Waals surface area contributed by atoms with Gasteiger partial charge in [0, 0.05) is 18.6 Å². The Balaban J connectivity index is 1.92. The molecule has 4 nitrogen and oxygen atoms in total. The van der Waals surface area contributed by atoms with E-state index in [0.717, 1.165) is 51.7 Å². The Labute approximate surface area is 117 Å². The number of nitrogens with one attached hydrogen (secondary N) is 2. The molecule has 2 N–H and O–H groups in total. The Morgan fingerprint density at radius 3 is 2.68 bits per heavy atom. The Kier molecular flexibility index (Phi) is 4.85. The van der Waals surface area contributed by atoms with E-state index in [1.807, 2.05) is 0 Å². The van der Waals surface area contributed by atoms with Crippen molar-refractivity contribution in [1.29, 1.82) is 0 Å². The SMILES string of the molecule is CCC1(C(=O)NC2CCN(C)C(C)C2)CCNCC1. The molecule has 110 valence electrons. The first-order valence-corrected chi connectivity index (χ1v) is 7.79. The van der Waals surface area contributed by atoms with E-state index in [1.165, 1.54) is 0 Å². The Bertz CT molecular complexity index is 313. The van der Waals surface area contributed by atoms with Gasteiger partial charge in [-0.05, 0) is 59.2 Å². The summed E-state index contributed by atoms with van der Waals surface area (Å²) in [6, 6.07) is 0.946. The lowest BCUT2D eigenvalue weighted by atomic mass is 9.75. The van der Waals surface area contributed by atoms with Gasteiger partial charge in [0.1, 0.15) is 0 Å². The van der Waals surface area contributed by atoms with Crippen molar-refractivity contribution in [3.05, 3.63) is 0 Å². The molecule has 2 aliphatic heterocycles. The first kappa shape index (κ1) is 14.8. The number of likely N-dealkylation sites (tertiary alicyclic amines) is 1. The van der Waals surface area contributed by atoms with Crippen LogP contribution in [-0.2, 0) is 4.79 Å². The van der Waals surface area contributed by atoms with Gasteiger partial charge in [0.25, 0.3) is 0 Å². The fourth-order valence-corrected chi connectivity index (χ4v) is 3.41. The lowest BCUT2D eigenvalue weighted by Gasteiger charge is -2.40. The molecule has 0 aromatic rings. The predicted octanol–water partition coefficient (Wildman–Crippen LogP) is 1.37. The quantitative estimate of drug-likeness (QED) is 0.811. The molecule has 2 aliphatic rings. The molecule has 0 spiro atoms. The molecular formula is C15H29N3O. The van der Waals surface area contributed by atoms with E-state index in [4.69, 9.17) is 0 Å². The van der Waals surface area contributed by atoms with E-state index in [2.05, 4.69) is 36.4 Å². The molecule has 2 atom stereocenters. The smallest absolute Gasteiger partial charge is 0.226 e. The highest BCUT2D eigenvalue weighted by Gasteiger charge is 2.39. The number of rotatable bonds is 3. The summed E-state index contributed by atoms with van der Waals surface area (Å²) in [5.74, 6) is 0.304. The molecule has 4 heteroatoms. The van der Waals surface area contributed by atoms with Gasteiger partial charge in [-0.2, -0.15) is 0 Å². The summed E-state index contributed by atoms with van der Waals surface area (Å²) in [5, 5.41) is 6.70. The summed E-state index contributed by atoms with van der Waals surface area (Å²) >= 11 is 0. The van der Waals surface area contributed by atoms with Crippen LogP contribution in [0.1, 0.15) is 46.0 Å². The molecule has 0 bridgehead atoms. The molecule has 2 unspecified atom stereocenters. The predicted molar refractivity (Wildman–Crippen MR) is 78.1 cm³/mol. The number of carbonyl (C=O) groups is 1. The maximum atomic E-state index is 12.7. The van der Waals surface area contributed by atoms with Crippen LogP contribution in [0.4, 0.5) is 0 Å². The molecule has 0 saturated carbocycles. The topological polar surface area (TPSA) is 44.4 Å². The maximum Gasteiger partial charge on any atom is 0.226 e. The van der Waals surface area contributed by atoms with E-state index < -0.39 is 0 Å². The van der Waals surface area contributed by atoms with E-state index >= 15 is 0 Å². The van der Waals surface area contributed by atoms with Gasteiger partial charge in [-0.1, -0.05) is 6.92 Å². The van der Waals surface area contributed by atoms with Gasteiger partial charge < -0.3 is 15.5 Å². The summed E-state index contributed by atoms with van der Waals surface area (Å²) in [7, 11) is 2.17. The molecule has 2 saturated heterocycles. The average molecular weight is 267 g/mol. The molecule has 2 fully saturated rings. The van der Waals surface area contributed by atoms with E-state index in [1.54, 1.807) is 0 Å². The minimum Gasteiger partial charge on any atom is -0.353 e. The van der Waals surface area contributed by atoms with E-state index in [0.29, 0.717) is 18.0 Å². The van der Waals surface area contributed by atoms with Gasteiger partial charge in [-0.3, -0.25) is 4.79 Å². The van der Waals surface area contributed by atoms with Crippen molar-refractivity contribution in [2.24, 2.45) is 5.41 Å². The molecule has 0 radical (unpaired) electrons. The van der Waals surface area contributed by atoms with Crippen molar-refractivity contribution in [2.45, 2.75) is 58.0 Å². The van der Waals surface area contributed by atoms with E-state index in [9.17, 15) is 4.79 Å². The van der Waals surface area contributed by atoms with Gasteiger partial charge in [0.05, 0.1) is 5.41 Å². The van der Waals surface area contributed by atoms with Crippen molar-refractivity contribution in [3.8, 4) is 0 Å². The summed E-state index contributed by atoms with van der Waals surface area (Å²) < 4.78 is 0. The number of nitrogens with zero attached hydrogens (tertiary/aromatic N) is 1. The average Bonchev–Trinajstić information content (AvgIpc) is 2.43. The van der Waals surface area contributed by atoms with Crippen LogP contribution in [0.2, 0.25) is 0 Å². The first-order valence-electron chi connectivity index (χ1n) is 7.79. The number of piperidine rings is 2. The fraction of sp³-hybridized carbons (Fsp3) is 0.933. The third kappa shape index (κ3) is 3.29. The molecule has 19 heavy (non-hydrogen) atoms. The van der Waals surface area contributed by atoms with Crippen molar-refractivity contribution < 1.29 is 4.79 Å². The standard InChI is InChI=1S/C15H29N3O/c1-4-15(6-8-16-9-7-15)14(19)17-13-5-10-18(3)12(2)11-13/h12-13,16H,4-11H2,1-3H3,(H,17,19). The molecule has 0 aliphatic carbocycles. The lowest BCUT2D eigenvalue weighted by molar-refractivity contribution is -0.134. The Morgan fingerprint density at radius 2 is 2.11 bits per heavy atom. The second-order valence-corrected chi connectivity index (χ2v) is 6.41. The zero-order valence-electron chi connectivity index (χ0n) is 12.7. The van der Waals surface area contributed by atoms with E-state index in [-0.39, 0.29) is 5.41 Å². The van der Waals surface area contributed by atoms with Gasteiger partial charge in [0.15, 0.2) is 0 Å². The normalized spacial score (nSPS) is 31.9. The van der Waals surface area contributed by atoms with Crippen LogP contribution in [-0.4, -0.2) is 49.6 Å². The minimum absolute atomic E-state index is 0.113. The summed E-state index contributed by atoms with van der Waals surface area (Å²) in [5.41, 5.74) is -0.113. The van der Waals surface area contributed by atoms with Gasteiger partial charge in [-0.25, -0.2) is 0 Å². The third-order valence-corrected chi connectivity index (χ3v) is 5.26. The van der Waals surface area contributed by atoms with Crippen LogP contribution in [0.25, 0.3) is 0 Å². The van der Waals surface area contributed by atoms with Gasteiger partial charge in [0.2, 0.25) is 5.91 Å². The highest BCUT2D eigenvalue weighted by atomic mass is 16.2. The number of hydrogen-bond donors (Lipinski definition) is 2. The Morgan fingerprint density at radius 1 is 1.42 bits per heavy atom. The molecule has 1 amide bonds. The van der Waals surface area contributed by atoms with Crippen molar-refractivity contribution in [1.82, 2.24) is 15.5 Å². The number of carbonyl (C=O) groups excluding carboxylic acids is 1. The molecule has 2 heterocycles. The zero-order chi connectivity index (χ0) is 13.9. The van der Waals surface area contributed by atoms with Crippen LogP contribution in [0, 0.1) is 5.41 Å². The van der Waals surface area contributed by atoms with Crippen LogP contribution in [0.5, 0.6) is 0 Å². The van der Waals surface area contributed by atoms with Crippen LogP contribution in [0.3, 0.4) is 0 Å². The highest BCUT2D eigenvalue weighted by molar-refractivity contribution is 5.83. The van der Waals surface area contributed by atoms with Crippen molar-refractivity contribution >= 4 is 5.91 Å².